The van der Waals surface area contributed by atoms with E-state index in [1.807, 2.05) is 18.2 Å². The zero-order chi connectivity index (χ0) is 17.1. The minimum Gasteiger partial charge on any atom is -0.373 e. The highest BCUT2D eigenvalue weighted by molar-refractivity contribution is 7.08. The van der Waals surface area contributed by atoms with Crippen LogP contribution in [0, 0.1) is 6.92 Å². The van der Waals surface area contributed by atoms with E-state index in [0.717, 1.165) is 36.9 Å². The van der Waals surface area contributed by atoms with Gasteiger partial charge in [-0.05, 0) is 50.0 Å². The van der Waals surface area contributed by atoms with Crippen molar-refractivity contribution in [1.29, 1.82) is 0 Å². The van der Waals surface area contributed by atoms with Gasteiger partial charge in [0, 0.05) is 25.3 Å². The quantitative estimate of drug-likeness (QED) is 0.922. The third kappa shape index (κ3) is 4.17. The molecule has 1 saturated heterocycles. The maximum Gasteiger partial charge on any atom is 0.269 e. The van der Waals surface area contributed by atoms with Gasteiger partial charge < -0.3 is 10.1 Å². The van der Waals surface area contributed by atoms with Crippen molar-refractivity contribution >= 4 is 23.1 Å². The summed E-state index contributed by atoms with van der Waals surface area (Å²) in [6, 6.07) is 7.97. The molecular weight excluding hydrogens is 324 g/mol. The number of nitrogens with zero attached hydrogens (tertiary/aromatic N) is 3. The van der Waals surface area contributed by atoms with Gasteiger partial charge in [-0.25, -0.2) is 0 Å². The molecule has 24 heavy (non-hydrogen) atoms. The molecule has 7 heteroatoms. The fraction of sp³-hybridized carbons (Fsp3) is 0.471. The summed E-state index contributed by atoms with van der Waals surface area (Å²) in [6.07, 6.45) is 0.497. The fourth-order valence-electron chi connectivity index (χ4n) is 3.05. The second kappa shape index (κ2) is 7.38. The highest BCUT2D eigenvalue weighted by atomic mass is 32.1. The molecule has 2 heterocycles. The SMILES string of the molecule is Cc1nnsc1C(=O)Nc1cccc(CN2C[C@H](C)O[C@@H](C)C2)c1. The number of morpholine rings is 1. The van der Waals surface area contributed by atoms with Crippen molar-refractivity contribution in [3.05, 3.63) is 40.4 Å². The number of hydrogen-bond donors (Lipinski definition) is 1. The first kappa shape index (κ1) is 17.0. The molecule has 0 unspecified atom stereocenters. The predicted molar refractivity (Wildman–Crippen MR) is 94.3 cm³/mol. The van der Waals surface area contributed by atoms with Crippen LogP contribution in [0.4, 0.5) is 5.69 Å². The van der Waals surface area contributed by atoms with Crippen molar-refractivity contribution in [2.75, 3.05) is 18.4 Å². The molecule has 0 aliphatic carbocycles. The second-order valence-corrected chi connectivity index (χ2v) is 7.05. The van der Waals surface area contributed by atoms with Crippen LogP contribution in [0.2, 0.25) is 0 Å². The van der Waals surface area contributed by atoms with E-state index in [4.69, 9.17) is 4.74 Å². The molecule has 2 aromatic rings. The van der Waals surface area contributed by atoms with Crippen LogP contribution in [0.15, 0.2) is 24.3 Å². The first-order chi connectivity index (χ1) is 11.5. The van der Waals surface area contributed by atoms with Gasteiger partial charge in [0.15, 0.2) is 0 Å². The van der Waals surface area contributed by atoms with E-state index in [1.165, 1.54) is 5.56 Å². The topological polar surface area (TPSA) is 67.4 Å². The summed E-state index contributed by atoms with van der Waals surface area (Å²) < 4.78 is 9.58. The maximum absolute atomic E-state index is 12.3. The Bertz CT molecular complexity index is 708. The zero-order valence-corrected chi connectivity index (χ0v) is 15.0. The molecule has 128 valence electrons. The second-order valence-electron chi connectivity index (χ2n) is 6.29. The summed E-state index contributed by atoms with van der Waals surface area (Å²) in [6.45, 7) is 8.69. The van der Waals surface area contributed by atoms with Gasteiger partial charge in [-0.3, -0.25) is 9.69 Å². The van der Waals surface area contributed by atoms with Crippen molar-refractivity contribution in [2.45, 2.75) is 39.5 Å². The predicted octanol–water partition coefficient (Wildman–Crippen LogP) is 2.71. The molecule has 1 aromatic heterocycles. The van der Waals surface area contributed by atoms with Crippen molar-refractivity contribution in [3.63, 3.8) is 0 Å². The Morgan fingerprint density at radius 2 is 2.12 bits per heavy atom. The number of benzene rings is 1. The number of amides is 1. The van der Waals surface area contributed by atoms with E-state index in [1.54, 1.807) is 6.92 Å². The van der Waals surface area contributed by atoms with Gasteiger partial charge in [0.25, 0.3) is 5.91 Å². The normalized spacial score (nSPS) is 21.6. The average molecular weight is 346 g/mol. The van der Waals surface area contributed by atoms with Gasteiger partial charge in [-0.15, -0.1) is 5.10 Å². The summed E-state index contributed by atoms with van der Waals surface area (Å²) in [5.41, 5.74) is 2.62. The first-order valence-electron chi connectivity index (χ1n) is 8.08. The highest BCUT2D eigenvalue weighted by Crippen LogP contribution is 2.18. The number of nitrogens with one attached hydrogen (secondary N) is 1. The Morgan fingerprint density at radius 3 is 2.79 bits per heavy atom. The lowest BCUT2D eigenvalue weighted by atomic mass is 10.1. The number of anilines is 1. The molecule has 1 aliphatic rings. The lowest BCUT2D eigenvalue weighted by Gasteiger charge is -2.35. The number of carbonyl (C=O) groups is 1. The molecule has 0 spiro atoms. The van der Waals surface area contributed by atoms with Crippen molar-refractivity contribution < 1.29 is 9.53 Å². The highest BCUT2D eigenvalue weighted by Gasteiger charge is 2.22. The zero-order valence-electron chi connectivity index (χ0n) is 14.2. The molecule has 1 fully saturated rings. The lowest BCUT2D eigenvalue weighted by Crippen LogP contribution is -2.44. The minimum absolute atomic E-state index is 0.159. The van der Waals surface area contributed by atoms with Crippen molar-refractivity contribution in [1.82, 2.24) is 14.5 Å². The van der Waals surface area contributed by atoms with Gasteiger partial charge in [0.2, 0.25) is 0 Å². The van der Waals surface area contributed by atoms with E-state index in [-0.39, 0.29) is 18.1 Å². The maximum atomic E-state index is 12.3. The molecule has 3 rings (SSSR count). The third-order valence-electron chi connectivity index (χ3n) is 3.94. The van der Waals surface area contributed by atoms with Gasteiger partial charge in [-0.2, -0.15) is 0 Å². The van der Waals surface area contributed by atoms with E-state index < -0.39 is 0 Å². The molecule has 1 N–H and O–H groups in total. The third-order valence-corrected chi connectivity index (χ3v) is 4.77. The Kier molecular flexibility index (Phi) is 5.23. The van der Waals surface area contributed by atoms with Crippen LogP contribution < -0.4 is 5.32 Å². The molecule has 1 amide bonds. The number of aryl methyl sites for hydroxylation is 1. The van der Waals surface area contributed by atoms with Gasteiger partial charge in [0.05, 0.1) is 17.9 Å². The summed E-state index contributed by atoms with van der Waals surface area (Å²) in [4.78, 5) is 15.2. The van der Waals surface area contributed by atoms with Crippen LogP contribution in [-0.2, 0) is 11.3 Å². The summed E-state index contributed by atoms with van der Waals surface area (Å²) in [5.74, 6) is -0.159. The smallest absolute Gasteiger partial charge is 0.269 e. The van der Waals surface area contributed by atoms with Gasteiger partial charge in [0.1, 0.15) is 4.88 Å². The van der Waals surface area contributed by atoms with Crippen LogP contribution in [0.3, 0.4) is 0 Å². The van der Waals surface area contributed by atoms with Crippen LogP contribution in [-0.4, -0.2) is 45.7 Å². The molecular formula is C17H22N4O2S. The molecule has 2 atom stereocenters. The number of ether oxygens (including phenoxy) is 1. The Hall–Kier alpha value is -1.83. The fourth-order valence-corrected chi connectivity index (χ4v) is 3.60. The Labute approximate surface area is 146 Å². The van der Waals surface area contributed by atoms with E-state index in [0.29, 0.717) is 10.6 Å². The van der Waals surface area contributed by atoms with Gasteiger partial charge >= 0.3 is 0 Å². The summed E-state index contributed by atoms with van der Waals surface area (Å²) in [5, 5.41) is 6.81. The Balaban J connectivity index is 1.66. The molecule has 1 aromatic carbocycles. The van der Waals surface area contributed by atoms with E-state index >= 15 is 0 Å². The van der Waals surface area contributed by atoms with Crippen LogP contribution in [0.5, 0.6) is 0 Å². The van der Waals surface area contributed by atoms with E-state index in [9.17, 15) is 4.79 Å². The Morgan fingerprint density at radius 1 is 1.38 bits per heavy atom. The molecule has 1 aliphatic heterocycles. The molecule has 0 saturated carbocycles. The standard InChI is InChI=1S/C17H22N4O2S/c1-11-8-21(9-12(2)23-11)10-14-5-4-6-15(7-14)18-17(22)16-13(3)19-20-24-16/h4-7,11-12H,8-10H2,1-3H3,(H,18,22)/t11-,12-/m0/s1. The average Bonchev–Trinajstić information content (AvgIpc) is 2.92. The monoisotopic (exact) mass is 346 g/mol. The largest absolute Gasteiger partial charge is 0.373 e. The number of rotatable bonds is 4. The molecule has 0 radical (unpaired) electrons. The van der Waals surface area contributed by atoms with Gasteiger partial charge in [-0.1, -0.05) is 16.6 Å². The summed E-state index contributed by atoms with van der Waals surface area (Å²) in [7, 11) is 0. The minimum atomic E-state index is -0.159. The van der Waals surface area contributed by atoms with Crippen LogP contribution in [0.25, 0.3) is 0 Å². The van der Waals surface area contributed by atoms with Crippen molar-refractivity contribution in [3.8, 4) is 0 Å². The van der Waals surface area contributed by atoms with Crippen LogP contribution in [0.1, 0.15) is 34.8 Å². The number of aromatic nitrogens is 2. The van der Waals surface area contributed by atoms with E-state index in [2.05, 4.69) is 39.7 Å². The van der Waals surface area contributed by atoms with Crippen LogP contribution >= 0.6 is 11.5 Å². The summed E-state index contributed by atoms with van der Waals surface area (Å²) >= 11 is 1.11. The molecule has 0 bridgehead atoms. The first-order valence-corrected chi connectivity index (χ1v) is 8.85. The molecule has 6 nitrogen and oxygen atoms in total. The number of hydrogen-bond acceptors (Lipinski definition) is 6. The van der Waals surface area contributed by atoms with Crippen molar-refractivity contribution in [2.24, 2.45) is 0 Å². The number of carbonyl (C=O) groups excluding carboxylic acids is 1. The lowest BCUT2D eigenvalue weighted by molar-refractivity contribution is -0.0704.